The first kappa shape index (κ1) is 14.3. The van der Waals surface area contributed by atoms with E-state index in [2.05, 4.69) is 48.0 Å². The highest BCUT2D eigenvalue weighted by atomic mass is 15.2. The Balaban J connectivity index is 3.01. The minimum absolute atomic E-state index is 0.0293. The molecule has 0 aromatic heterocycles. The molecule has 0 fully saturated rings. The molecular formula is C14H27N3. The van der Waals surface area contributed by atoms with Crippen LogP contribution in [0.25, 0.3) is 0 Å². The van der Waals surface area contributed by atoms with Gasteiger partial charge >= 0.3 is 0 Å². The molecule has 0 amide bonds. The Morgan fingerprint density at radius 2 is 1.94 bits per heavy atom. The van der Waals surface area contributed by atoms with Crippen molar-refractivity contribution in [3.8, 4) is 0 Å². The van der Waals surface area contributed by atoms with Crippen LogP contribution in [0.2, 0.25) is 0 Å². The van der Waals surface area contributed by atoms with Crippen molar-refractivity contribution in [2.24, 2.45) is 11.8 Å². The molecule has 3 N–H and O–H groups in total. The normalized spacial score (nSPS) is 24.1. The molecular weight excluding hydrogens is 210 g/mol. The molecule has 0 aromatic rings. The highest BCUT2D eigenvalue weighted by molar-refractivity contribution is 5.22. The van der Waals surface area contributed by atoms with Crippen molar-refractivity contribution in [1.29, 1.82) is 0 Å². The zero-order valence-electron chi connectivity index (χ0n) is 11.8. The molecule has 17 heavy (non-hydrogen) atoms. The van der Waals surface area contributed by atoms with Gasteiger partial charge in [-0.1, -0.05) is 32.1 Å². The average Bonchev–Trinajstić information content (AvgIpc) is 2.35. The fraction of sp³-hybridized carbons (Fsp3) is 0.714. The van der Waals surface area contributed by atoms with Crippen molar-refractivity contribution in [2.75, 3.05) is 21.1 Å². The topological polar surface area (TPSA) is 36.1 Å². The van der Waals surface area contributed by atoms with E-state index in [4.69, 9.17) is 0 Å². The molecule has 98 valence electrons. The first-order valence-electron chi connectivity index (χ1n) is 6.53. The largest absolute Gasteiger partial charge is 0.391 e. The zero-order valence-corrected chi connectivity index (χ0v) is 11.8. The van der Waals surface area contributed by atoms with Crippen LogP contribution in [0.5, 0.6) is 0 Å². The van der Waals surface area contributed by atoms with Crippen LogP contribution in [0.15, 0.2) is 23.9 Å². The highest BCUT2D eigenvalue weighted by Gasteiger charge is 2.38. The summed E-state index contributed by atoms with van der Waals surface area (Å²) < 4.78 is 0. The molecule has 0 radical (unpaired) electrons. The third-order valence-corrected chi connectivity index (χ3v) is 3.64. The molecule has 0 aliphatic heterocycles. The number of hydrogen-bond donors (Lipinski definition) is 3. The Labute approximate surface area is 106 Å². The molecule has 3 heteroatoms. The van der Waals surface area contributed by atoms with Crippen molar-refractivity contribution in [1.82, 2.24) is 16.0 Å². The van der Waals surface area contributed by atoms with E-state index in [1.807, 2.05) is 21.1 Å². The fourth-order valence-corrected chi connectivity index (χ4v) is 2.55. The molecule has 0 spiro atoms. The maximum absolute atomic E-state index is 3.46. The van der Waals surface area contributed by atoms with Crippen LogP contribution in [0, 0.1) is 11.8 Å². The van der Waals surface area contributed by atoms with E-state index in [9.17, 15) is 0 Å². The van der Waals surface area contributed by atoms with Crippen molar-refractivity contribution in [2.45, 2.75) is 32.4 Å². The third kappa shape index (κ3) is 3.11. The van der Waals surface area contributed by atoms with Gasteiger partial charge in [-0.15, -0.1) is 0 Å². The maximum atomic E-state index is 3.46. The fourth-order valence-electron chi connectivity index (χ4n) is 2.55. The Hall–Kier alpha value is -0.800. The van der Waals surface area contributed by atoms with Gasteiger partial charge in [-0.3, -0.25) is 0 Å². The van der Waals surface area contributed by atoms with Gasteiger partial charge < -0.3 is 16.0 Å². The predicted molar refractivity (Wildman–Crippen MR) is 74.7 cm³/mol. The van der Waals surface area contributed by atoms with Crippen molar-refractivity contribution >= 4 is 0 Å². The molecule has 1 atom stereocenters. The lowest BCUT2D eigenvalue weighted by atomic mass is 9.80. The summed E-state index contributed by atoms with van der Waals surface area (Å²) in [6, 6.07) is 0. The summed E-state index contributed by atoms with van der Waals surface area (Å²) in [5, 5.41) is 10.3. The lowest BCUT2D eigenvalue weighted by molar-refractivity contribution is 0.207. The Bertz CT molecular complexity index is 288. The SMILES string of the molecule is CNC1=CCCC(NC)(NC)C1C=CC(C)C. The van der Waals surface area contributed by atoms with Crippen LogP contribution in [-0.2, 0) is 0 Å². The smallest absolute Gasteiger partial charge is 0.0805 e. The Morgan fingerprint density at radius 3 is 2.41 bits per heavy atom. The first-order chi connectivity index (χ1) is 8.09. The number of nitrogens with one attached hydrogen (secondary N) is 3. The van der Waals surface area contributed by atoms with Gasteiger partial charge in [0, 0.05) is 18.7 Å². The van der Waals surface area contributed by atoms with E-state index < -0.39 is 0 Å². The summed E-state index contributed by atoms with van der Waals surface area (Å²) in [4.78, 5) is 0. The Morgan fingerprint density at radius 1 is 1.29 bits per heavy atom. The number of hydrogen-bond acceptors (Lipinski definition) is 3. The molecule has 0 saturated heterocycles. The van der Waals surface area contributed by atoms with E-state index in [0.29, 0.717) is 11.8 Å². The van der Waals surface area contributed by atoms with Crippen LogP contribution < -0.4 is 16.0 Å². The third-order valence-electron chi connectivity index (χ3n) is 3.64. The summed E-state index contributed by atoms with van der Waals surface area (Å²) in [7, 11) is 6.07. The van der Waals surface area contributed by atoms with Crippen LogP contribution >= 0.6 is 0 Å². The molecule has 0 saturated carbocycles. The summed E-state index contributed by atoms with van der Waals surface area (Å²) >= 11 is 0. The molecule has 0 heterocycles. The standard InChI is InChI=1S/C14H27N3/c1-11(2)8-9-12-13(15-3)7-6-10-14(12,16-4)17-5/h7-9,11-12,15-17H,6,10H2,1-5H3. The second kappa shape index (κ2) is 6.22. The number of rotatable bonds is 5. The predicted octanol–water partition coefficient (Wildman–Crippen LogP) is 1.85. The number of allylic oxidation sites excluding steroid dienone is 2. The molecule has 1 rings (SSSR count). The van der Waals surface area contributed by atoms with Gasteiger partial charge in [-0.2, -0.15) is 0 Å². The van der Waals surface area contributed by atoms with Gasteiger partial charge in [0.25, 0.3) is 0 Å². The Kier molecular flexibility index (Phi) is 5.22. The molecule has 1 unspecified atom stereocenters. The van der Waals surface area contributed by atoms with Gasteiger partial charge in [0.15, 0.2) is 0 Å². The lowest BCUT2D eigenvalue weighted by Gasteiger charge is -2.43. The van der Waals surface area contributed by atoms with E-state index in [0.717, 1.165) is 12.8 Å². The van der Waals surface area contributed by atoms with E-state index in [-0.39, 0.29) is 5.66 Å². The van der Waals surface area contributed by atoms with Gasteiger partial charge in [-0.25, -0.2) is 0 Å². The monoisotopic (exact) mass is 237 g/mol. The highest BCUT2D eigenvalue weighted by Crippen LogP contribution is 2.32. The second-order valence-corrected chi connectivity index (χ2v) is 5.03. The maximum Gasteiger partial charge on any atom is 0.0805 e. The van der Waals surface area contributed by atoms with E-state index in [1.165, 1.54) is 5.70 Å². The lowest BCUT2D eigenvalue weighted by Crippen LogP contribution is -2.61. The molecule has 0 bridgehead atoms. The second-order valence-electron chi connectivity index (χ2n) is 5.03. The van der Waals surface area contributed by atoms with Crippen molar-refractivity contribution in [3.05, 3.63) is 23.9 Å². The summed E-state index contributed by atoms with van der Waals surface area (Å²) in [5.41, 5.74) is 1.27. The van der Waals surface area contributed by atoms with Crippen LogP contribution in [0.1, 0.15) is 26.7 Å². The molecule has 3 nitrogen and oxygen atoms in total. The summed E-state index contributed by atoms with van der Waals surface area (Å²) in [6.45, 7) is 4.42. The van der Waals surface area contributed by atoms with Gasteiger partial charge in [-0.05, 0) is 32.9 Å². The molecule has 1 aliphatic rings. The van der Waals surface area contributed by atoms with Gasteiger partial charge in [0.2, 0.25) is 0 Å². The van der Waals surface area contributed by atoms with Crippen LogP contribution in [-0.4, -0.2) is 26.8 Å². The summed E-state index contributed by atoms with van der Waals surface area (Å²) in [6.07, 6.45) is 9.12. The zero-order chi connectivity index (χ0) is 12.9. The summed E-state index contributed by atoms with van der Waals surface area (Å²) in [5.74, 6) is 0.945. The average molecular weight is 237 g/mol. The van der Waals surface area contributed by atoms with E-state index >= 15 is 0 Å². The minimum atomic E-state index is -0.0293. The molecule has 1 aliphatic carbocycles. The van der Waals surface area contributed by atoms with Gasteiger partial charge in [0.05, 0.1) is 5.66 Å². The van der Waals surface area contributed by atoms with E-state index in [1.54, 1.807) is 0 Å². The van der Waals surface area contributed by atoms with Crippen molar-refractivity contribution in [3.63, 3.8) is 0 Å². The first-order valence-corrected chi connectivity index (χ1v) is 6.53. The minimum Gasteiger partial charge on any atom is -0.391 e. The molecule has 0 aromatic carbocycles. The van der Waals surface area contributed by atoms with Crippen LogP contribution in [0.4, 0.5) is 0 Å². The van der Waals surface area contributed by atoms with Crippen molar-refractivity contribution < 1.29 is 0 Å². The van der Waals surface area contributed by atoms with Gasteiger partial charge in [0.1, 0.15) is 0 Å². The quantitative estimate of drug-likeness (QED) is 0.504. The van der Waals surface area contributed by atoms with Crippen LogP contribution in [0.3, 0.4) is 0 Å².